The van der Waals surface area contributed by atoms with Gasteiger partial charge in [0.1, 0.15) is 0 Å². The highest BCUT2D eigenvalue weighted by atomic mass is 14.9. The van der Waals surface area contributed by atoms with E-state index in [9.17, 15) is 0 Å². The minimum absolute atomic E-state index is 0.579. The number of aryl methyl sites for hydroxylation is 1. The predicted molar refractivity (Wildman–Crippen MR) is 66.1 cm³/mol. The zero-order valence-corrected chi connectivity index (χ0v) is 9.14. The molecule has 0 amide bonds. The SMILES string of the molecule is Cn1c2ccncc2c2ccc(CN)cc21. The molecule has 0 aliphatic heterocycles. The second-order valence-corrected chi connectivity index (χ2v) is 4.01. The van der Waals surface area contributed by atoms with Crippen LogP contribution in [0.4, 0.5) is 0 Å². The third-order valence-electron chi connectivity index (χ3n) is 3.11. The second-order valence-electron chi connectivity index (χ2n) is 4.01. The molecule has 3 nitrogen and oxygen atoms in total. The lowest BCUT2D eigenvalue weighted by Crippen LogP contribution is -1.96. The summed E-state index contributed by atoms with van der Waals surface area (Å²) in [7, 11) is 2.07. The van der Waals surface area contributed by atoms with Crippen molar-refractivity contribution in [3.8, 4) is 0 Å². The monoisotopic (exact) mass is 211 g/mol. The first kappa shape index (κ1) is 9.36. The lowest BCUT2D eigenvalue weighted by Gasteiger charge is -1.99. The first-order valence-corrected chi connectivity index (χ1v) is 5.32. The molecule has 0 saturated carbocycles. The molecule has 0 atom stereocenters. The van der Waals surface area contributed by atoms with E-state index in [0.717, 1.165) is 5.56 Å². The lowest BCUT2D eigenvalue weighted by molar-refractivity contribution is 1.00. The molecule has 0 bridgehead atoms. The van der Waals surface area contributed by atoms with Crippen LogP contribution in [0.5, 0.6) is 0 Å². The van der Waals surface area contributed by atoms with Gasteiger partial charge in [-0.15, -0.1) is 0 Å². The van der Waals surface area contributed by atoms with Crippen molar-refractivity contribution in [1.29, 1.82) is 0 Å². The van der Waals surface area contributed by atoms with Crippen molar-refractivity contribution < 1.29 is 0 Å². The molecule has 3 heteroatoms. The molecule has 0 unspecified atom stereocenters. The number of fused-ring (bicyclic) bond motifs is 3. The molecule has 0 spiro atoms. The first-order valence-electron chi connectivity index (χ1n) is 5.32. The Balaban J connectivity index is 2.51. The normalized spacial score (nSPS) is 11.4. The van der Waals surface area contributed by atoms with Crippen LogP contribution in [0.2, 0.25) is 0 Å². The number of aromatic nitrogens is 2. The van der Waals surface area contributed by atoms with Crippen LogP contribution in [-0.2, 0) is 13.6 Å². The molecular weight excluding hydrogens is 198 g/mol. The Bertz CT molecular complexity index is 667. The van der Waals surface area contributed by atoms with Crippen LogP contribution in [0, 0.1) is 0 Å². The number of hydrogen-bond acceptors (Lipinski definition) is 2. The van der Waals surface area contributed by atoms with Crippen LogP contribution < -0.4 is 5.73 Å². The molecule has 2 heterocycles. The molecule has 2 aromatic heterocycles. The fraction of sp³-hybridized carbons (Fsp3) is 0.154. The number of pyridine rings is 1. The molecule has 16 heavy (non-hydrogen) atoms. The first-order chi connectivity index (χ1) is 7.81. The molecule has 0 aliphatic carbocycles. The molecule has 0 aliphatic rings. The van der Waals surface area contributed by atoms with Crippen molar-refractivity contribution in [1.82, 2.24) is 9.55 Å². The Labute approximate surface area is 93.5 Å². The van der Waals surface area contributed by atoms with Gasteiger partial charge in [0.2, 0.25) is 0 Å². The number of rotatable bonds is 1. The number of hydrogen-bond donors (Lipinski definition) is 1. The third-order valence-corrected chi connectivity index (χ3v) is 3.11. The van der Waals surface area contributed by atoms with Gasteiger partial charge in [-0.3, -0.25) is 4.98 Å². The van der Waals surface area contributed by atoms with Crippen molar-refractivity contribution in [2.45, 2.75) is 6.54 Å². The van der Waals surface area contributed by atoms with Gasteiger partial charge in [0.25, 0.3) is 0 Å². The van der Waals surface area contributed by atoms with Crippen molar-refractivity contribution >= 4 is 21.8 Å². The summed E-state index contributed by atoms with van der Waals surface area (Å²) in [5.41, 5.74) is 9.24. The summed E-state index contributed by atoms with van der Waals surface area (Å²) in [6, 6.07) is 8.39. The fourth-order valence-electron chi connectivity index (χ4n) is 2.23. The maximum Gasteiger partial charge on any atom is 0.0519 e. The molecule has 3 aromatic rings. The average molecular weight is 211 g/mol. The van der Waals surface area contributed by atoms with Gasteiger partial charge in [0.05, 0.1) is 5.52 Å². The summed E-state index contributed by atoms with van der Waals surface area (Å²) >= 11 is 0. The van der Waals surface area contributed by atoms with Gasteiger partial charge in [-0.2, -0.15) is 0 Å². The van der Waals surface area contributed by atoms with Crippen LogP contribution in [0.15, 0.2) is 36.7 Å². The topological polar surface area (TPSA) is 43.8 Å². The van der Waals surface area contributed by atoms with Crippen LogP contribution in [0.25, 0.3) is 21.8 Å². The third kappa shape index (κ3) is 1.15. The summed E-state index contributed by atoms with van der Waals surface area (Å²) in [6.07, 6.45) is 3.74. The van der Waals surface area contributed by atoms with Gasteiger partial charge in [0.15, 0.2) is 0 Å². The fourth-order valence-corrected chi connectivity index (χ4v) is 2.23. The standard InChI is InChI=1S/C13H13N3/c1-16-12-4-5-15-8-11(12)10-3-2-9(7-14)6-13(10)16/h2-6,8H,7,14H2,1H3. The van der Waals surface area contributed by atoms with Crippen molar-refractivity contribution in [3.05, 3.63) is 42.2 Å². The van der Waals surface area contributed by atoms with Crippen LogP contribution in [0.1, 0.15) is 5.56 Å². The van der Waals surface area contributed by atoms with E-state index in [0.29, 0.717) is 6.54 Å². The Kier molecular flexibility index (Phi) is 1.94. The molecule has 2 N–H and O–H groups in total. The summed E-state index contributed by atoms with van der Waals surface area (Å²) in [5, 5.41) is 2.44. The molecular formula is C13H13N3. The lowest BCUT2D eigenvalue weighted by atomic mass is 10.1. The molecule has 0 saturated heterocycles. The van der Waals surface area contributed by atoms with E-state index in [2.05, 4.69) is 34.8 Å². The Morgan fingerprint density at radius 2 is 2.06 bits per heavy atom. The van der Waals surface area contributed by atoms with E-state index in [1.54, 1.807) is 0 Å². The van der Waals surface area contributed by atoms with Gasteiger partial charge in [-0.1, -0.05) is 12.1 Å². The summed E-state index contributed by atoms with van der Waals surface area (Å²) in [6.45, 7) is 0.579. The van der Waals surface area contributed by atoms with Gasteiger partial charge in [0, 0.05) is 42.3 Å². The summed E-state index contributed by atoms with van der Waals surface area (Å²) < 4.78 is 2.19. The smallest absolute Gasteiger partial charge is 0.0519 e. The Morgan fingerprint density at radius 1 is 1.19 bits per heavy atom. The molecule has 0 fully saturated rings. The van der Waals surface area contributed by atoms with Crippen LogP contribution in [0.3, 0.4) is 0 Å². The van der Waals surface area contributed by atoms with Gasteiger partial charge < -0.3 is 10.3 Å². The van der Waals surface area contributed by atoms with E-state index >= 15 is 0 Å². The van der Waals surface area contributed by atoms with Gasteiger partial charge in [-0.05, 0) is 17.7 Å². The number of nitrogens with two attached hydrogens (primary N) is 1. The van der Waals surface area contributed by atoms with Crippen molar-refractivity contribution in [2.75, 3.05) is 0 Å². The summed E-state index contributed by atoms with van der Waals surface area (Å²) in [4.78, 5) is 4.18. The van der Waals surface area contributed by atoms with Crippen molar-refractivity contribution in [3.63, 3.8) is 0 Å². The predicted octanol–water partition coefficient (Wildman–Crippen LogP) is 2.19. The van der Waals surface area contributed by atoms with Gasteiger partial charge >= 0.3 is 0 Å². The zero-order valence-electron chi connectivity index (χ0n) is 9.14. The molecule has 1 aromatic carbocycles. The number of nitrogens with zero attached hydrogens (tertiary/aromatic N) is 2. The highest BCUT2D eigenvalue weighted by Gasteiger charge is 2.07. The quantitative estimate of drug-likeness (QED) is 0.670. The van der Waals surface area contributed by atoms with E-state index in [1.165, 1.54) is 21.8 Å². The van der Waals surface area contributed by atoms with E-state index in [1.807, 2.05) is 18.5 Å². The largest absolute Gasteiger partial charge is 0.344 e. The maximum absolute atomic E-state index is 5.66. The zero-order chi connectivity index (χ0) is 11.1. The van der Waals surface area contributed by atoms with E-state index in [4.69, 9.17) is 5.73 Å². The highest BCUT2D eigenvalue weighted by molar-refractivity contribution is 6.07. The summed E-state index contributed by atoms with van der Waals surface area (Å²) in [5.74, 6) is 0. The Hall–Kier alpha value is -1.87. The molecule has 3 rings (SSSR count). The maximum atomic E-state index is 5.66. The minimum atomic E-state index is 0.579. The van der Waals surface area contributed by atoms with Crippen LogP contribution >= 0.6 is 0 Å². The van der Waals surface area contributed by atoms with Gasteiger partial charge in [-0.25, -0.2) is 0 Å². The minimum Gasteiger partial charge on any atom is -0.344 e. The van der Waals surface area contributed by atoms with Crippen molar-refractivity contribution in [2.24, 2.45) is 12.8 Å². The van der Waals surface area contributed by atoms with Crippen LogP contribution in [-0.4, -0.2) is 9.55 Å². The highest BCUT2D eigenvalue weighted by Crippen LogP contribution is 2.27. The number of benzene rings is 1. The Morgan fingerprint density at radius 3 is 2.88 bits per heavy atom. The van der Waals surface area contributed by atoms with E-state index in [-0.39, 0.29) is 0 Å². The molecule has 0 radical (unpaired) electrons. The second kappa shape index (κ2) is 3.32. The average Bonchev–Trinajstić information content (AvgIpc) is 2.64. The molecule has 80 valence electrons. The van der Waals surface area contributed by atoms with E-state index < -0.39 is 0 Å².